The number of hydrogen-bond donors (Lipinski definition) is 0. The number of ether oxygens (including phenoxy) is 1. The van der Waals surface area contributed by atoms with Crippen LogP contribution in [0.2, 0.25) is 0 Å². The van der Waals surface area contributed by atoms with Gasteiger partial charge in [-0.15, -0.1) is 0 Å². The van der Waals surface area contributed by atoms with E-state index < -0.39 is 5.91 Å². The summed E-state index contributed by atoms with van der Waals surface area (Å²) in [5, 5.41) is 0. The molecule has 1 saturated heterocycles. The second-order valence-corrected chi connectivity index (χ2v) is 6.39. The zero-order valence-electron chi connectivity index (χ0n) is 13.4. The van der Waals surface area contributed by atoms with Crippen molar-refractivity contribution in [2.45, 2.75) is 19.8 Å². The van der Waals surface area contributed by atoms with Crippen LogP contribution in [0.25, 0.3) is 10.2 Å². The molecule has 0 atom stereocenters. The van der Waals surface area contributed by atoms with Crippen LogP contribution in [-0.4, -0.2) is 40.3 Å². The lowest BCUT2D eigenvalue weighted by Crippen LogP contribution is -2.34. The van der Waals surface area contributed by atoms with E-state index in [1.165, 1.54) is 11.3 Å². The number of benzene rings is 1. The summed E-state index contributed by atoms with van der Waals surface area (Å²) in [6.45, 7) is 2.20. The van der Waals surface area contributed by atoms with Gasteiger partial charge in [0.15, 0.2) is 4.80 Å². The van der Waals surface area contributed by atoms with E-state index in [2.05, 4.69) is 4.99 Å². The minimum absolute atomic E-state index is 0.170. The molecule has 0 radical (unpaired) electrons. The highest BCUT2D eigenvalue weighted by Gasteiger charge is 2.30. The molecule has 1 aromatic carbocycles. The largest absolute Gasteiger partial charge is 0.494 e. The molecule has 0 bridgehead atoms. The predicted molar refractivity (Wildman–Crippen MR) is 88.5 cm³/mol. The number of hydrogen-bond acceptors (Lipinski definition) is 5. The number of carbonyl (C=O) groups excluding carboxylic acids is 3. The molecule has 3 rings (SSSR count). The summed E-state index contributed by atoms with van der Waals surface area (Å²) < 4.78 is 8.23. The van der Waals surface area contributed by atoms with Gasteiger partial charge in [0.2, 0.25) is 11.8 Å². The molecule has 7 nitrogen and oxygen atoms in total. The van der Waals surface area contributed by atoms with Gasteiger partial charge in [0.1, 0.15) is 12.3 Å². The summed E-state index contributed by atoms with van der Waals surface area (Å²) in [7, 11) is 1.82. The Morgan fingerprint density at radius 2 is 2.00 bits per heavy atom. The van der Waals surface area contributed by atoms with Gasteiger partial charge in [0, 0.05) is 19.9 Å². The molecule has 2 heterocycles. The van der Waals surface area contributed by atoms with Crippen molar-refractivity contribution >= 4 is 39.3 Å². The first-order chi connectivity index (χ1) is 11.5. The molecule has 0 N–H and O–H groups in total. The number of amides is 3. The summed E-state index contributed by atoms with van der Waals surface area (Å²) in [4.78, 5) is 40.8. The molecule has 1 aromatic heterocycles. The molecule has 0 unspecified atom stereocenters. The average molecular weight is 347 g/mol. The Kier molecular flexibility index (Phi) is 4.48. The van der Waals surface area contributed by atoms with E-state index in [0.29, 0.717) is 11.4 Å². The summed E-state index contributed by atoms with van der Waals surface area (Å²) >= 11 is 1.36. The van der Waals surface area contributed by atoms with Gasteiger partial charge in [0.25, 0.3) is 5.91 Å². The molecular formula is C16H17N3O4S. The molecule has 1 fully saturated rings. The molecule has 126 valence electrons. The van der Waals surface area contributed by atoms with Crippen LogP contribution in [0.1, 0.15) is 19.8 Å². The van der Waals surface area contributed by atoms with Gasteiger partial charge in [-0.05, 0) is 25.1 Å². The lowest BCUT2D eigenvalue weighted by atomic mass is 10.3. The third kappa shape index (κ3) is 3.09. The lowest BCUT2D eigenvalue weighted by Gasteiger charge is -2.09. The van der Waals surface area contributed by atoms with Gasteiger partial charge in [-0.2, -0.15) is 4.99 Å². The van der Waals surface area contributed by atoms with Crippen molar-refractivity contribution in [1.82, 2.24) is 9.47 Å². The van der Waals surface area contributed by atoms with Crippen LogP contribution in [0.15, 0.2) is 23.2 Å². The van der Waals surface area contributed by atoms with Crippen molar-refractivity contribution in [3.8, 4) is 5.75 Å². The Labute approximate surface area is 142 Å². The monoisotopic (exact) mass is 347 g/mol. The summed E-state index contributed by atoms with van der Waals surface area (Å²) in [5.74, 6) is -0.375. The fraction of sp³-hybridized carbons (Fsp3) is 0.375. The number of imide groups is 1. The Morgan fingerprint density at radius 3 is 2.67 bits per heavy atom. The molecular weight excluding hydrogens is 330 g/mol. The first-order valence-corrected chi connectivity index (χ1v) is 8.44. The molecule has 24 heavy (non-hydrogen) atoms. The SMILES string of the molecule is CCOc1ccc2c(c1)sc(=NC(=O)CN1C(=O)CCC1=O)n2C. The highest BCUT2D eigenvalue weighted by atomic mass is 32.1. The molecule has 1 aliphatic rings. The van der Waals surface area contributed by atoms with Crippen molar-refractivity contribution in [1.29, 1.82) is 0 Å². The maximum atomic E-state index is 12.1. The van der Waals surface area contributed by atoms with Crippen LogP contribution >= 0.6 is 11.3 Å². The maximum absolute atomic E-state index is 12.1. The minimum atomic E-state index is -0.509. The van der Waals surface area contributed by atoms with E-state index in [9.17, 15) is 14.4 Å². The van der Waals surface area contributed by atoms with E-state index in [4.69, 9.17) is 4.74 Å². The number of carbonyl (C=O) groups is 3. The second kappa shape index (κ2) is 6.56. The van der Waals surface area contributed by atoms with Crippen molar-refractivity contribution in [2.24, 2.45) is 12.0 Å². The highest BCUT2D eigenvalue weighted by molar-refractivity contribution is 7.16. The Hall–Kier alpha value is -2.48. The van der Waals surface area contributed by atoms with Crippen molar-refractivity contribution in [3.63, 3.8) is 0 Å². The van der Waals surface area contributed by atoms with Crippen LogP contribution in [-0.2, 0) is 21.4 Å². The van der Waals surface area contributed by atoms with Crippen LogP contribution in [0.5, 0.6) is 5.75 Å². The molecule has 8 heteroatoms. The molecule has 1 aliphatic heterocycles. The van der Waals surface area contributed by atoms with Crippen LogP contribution < -0.4 is 9.54 Å². The summed E-state index contributed by atoms with van der Waals surface area (Å²) in [6, 6.07) is 5.68. The number of thiazole rings is 1. The standard InChI is InChI=1S/C16H17N3O4S/c1-3-23-10-4-5-11-12(8-10)24-16(18(11)2)17-13(20)9-19-14(21)6-7-15(19)22/h4-5,8H,3,6-7,9H2,1-2H3. The van der Waals surface area contributed by atoms with Gasteiger partial charge >= 0.3 is 0 Å². The van der Waals surface area contributed by atoms with Gasteiger partial charge in [-0.3, -0.25) is 19.3 Å². The first-order valence-electron chi connectivity index (χ1n) is 7.62. The minimum Gasteiger partial charge on any atom is -0.494 e. The van der Waals surface area contributed by atoms with E-state index in [-0.39, 0.29) is 31.2 Å². The smallest absolute Gasteiger partial charge is 0.268 e. The van der Waals surface area contributed by atoms with Gasteiger partial charge < -0.3 is 9.30 Å². The number of likely N-dealkylation sites (tertiary alicyclic amines) is 1. The fourth-order valence-corrected chi connectivity index (χ4v) is 3.62. The van der Waals surface area contributed by atoms with E-state index in [0.717, 1.165) is 20.9 Å². The van der Waals surface area contributed by atoms with Gasteiger partial charge in [-0.25, -0.2) is 0 Å². The number of nitrogens with zero attached hydrogens (tertiary/aromatic N) is 3. The van der Waals surface area contributed by atoms with Gasteiger partial charge in [-0.1, -0.05) is 11.3 Å². The zero-order chi connectivity index (χ0) is 17.3. The topological polar surface area (TPSA) is 81.0 Å². The predicted octanol–water partition coefficient (Wildman–Crippen LogP) is 1.21. The molecule has 0 saturated carbocycles. The third-order valence-electron chi connectivity index (χ3n) is 3.76. The second-order valence-electron chi connectivity index (χ2n) is 5.39. The molecule has 0 aliphatic carbocycles. The van der Waals surface area contributed by atoms with Gasteiger partial charge in [0.05, 0.1) is 16.8 Å². The summed E-state index contributed by atoms with van der Waals surface area (Å²) in [6.07, 6.45) is 0.339. The Morgan fingerprint density at radius 1 is 1.29 bits per heavy atom. The van der Waals surface area contributed by atoms with Crippen molar-refractivity contribution < 1.29 is 19.1 Å². The Balaban J connectivity index is 1.89. The normalized spacial score (nSPS) is 15.6. The van der Waals surface area contributed by atoms with E-state index in [1.54, 1.807) is 4.57 Å². The van der Waals surface area contributed by atoms with Crippen molar-refractivity contribution in [2.75, 3.05) is 13.2 Å². The molecule has 3 amide bonds. The molecule has 0 spiro atoms. The van der Waals surface area contributed by atoms with Crippen LogP contribution in [0.3, 0.4) is 0 Å². The van der Waals surface area contributed by atoms with E-state index in [1.807, 2.05) is 32.2 Å². The zero-order valence-corrected chi connectivity index (χ0v) is 14.3. The highest BCUT2D eigenvalue weighted by Crippen LogP contribution is 2.22. The third-order valence-corrected chi connectivity index (χ3v) is 4.85. The van der Waals surface area contributed by atoms with Crippen molar-refractivity contribution in [3.05, 3.63) is 23.0 Å². The Bertz CT molecular complexity index is 880. The summed E-state index contributed by atoms with van der Waals surface area (Å²) in [5.41, 5.74) is 0.934. The fourth-order valence-electron chi connectivity index (χ4n) is 2.55. The van der Waals surface area contributed by atoms with E-state index >= 15 is 0 Å². The first kappa shape index (κ1) is 16.4. The number of aryl methyl sites for hydroxylation is 1. The number of fused-ring (bicyclic) bond motifs is 1. The quantitative estimate of drug-likeness (QED) is 0.779. The average Bonchev–Trinajstić information content (AvgIpc) is 3.02. The molecule has 2 aromatic rings. The number of rotatable bonds is 4. The van der Waals surface area contributed by atoms with Crippen LogP contribution in [0, 0.1) is 0 Å². The number of aromatic nitrogens is 1. The lowest BCUT2D eigenvalue weighted by molar-refractivity contribution is -0.141. The maximum Gasteiger partial charge on any atom is 0.268 e. The van der Waals surface area contributed by atoms with Crippen LogP contribution in [0.4, 0.5) is 0 Å².